The molecule has 1 N–H and O–H groups in total. The molecule has 0 aliphatic rings. The molecule has 0 bridgehead atoms. The van der Waals surface area contributed by atoms with Gasteiger partial charge in [-0.3, -0.25) is 0 Å². The van der Waals surface area contributed by atoms with Gasteiger partial charge in [-0.05, 0) is 72.3 Å². The Bertz CT molecular complexity index is 1350. The maximum atomic E-state index is 12.8. The lowest BCUT2D eigenvalue weighted by Gasteiger charge is -2.13. The fourth-order valence-corrected chi connectivity index (χ4v) is 4.39. The van der Waals surface area contributed by atoms with Crippen molar-refractivity contribution in [2.75, 3.05) is 0 Å². The molecule has 152 valence electrons. The molecule has 0 saturated carbocycles. The Hall–Kier alpha value is -4.01. The Labute approximate surface area is 181 Å². The zero-order valence-corrected chi connectivity index (χ0v) is 17.2. The van der Waals surface area contributed by atoms with Gasteiger partial charge in [0, 0.05) is 11.1 Å². The van der Waals surface area contributed by atoms with Gasteiger partial charge in [0.2, 0.25) is 9.84 Å². The SMILES string of the molecule is C#Cc1ccc(Oc2ccc(S(=O)(=O)c3ccc(O)cc3)cc2)c(-c2ccccc2)c1. The largest absolute Gasteiger partial charge is 0.508 e. The molecule has 0 unspecified atom stereocenters. The molecular weight excluding hydrogens is 408 g/mol. The molecule has 4 aromatic carbocycles. The summed E-state index contributed by atoms with van der Waals surface area (Å²) in [6, 6.07) is 26.9. The molecular formula is C26H18O4S. The first kappa shape index (κ1) is 20.3. The van der Waals surface area contributed by atoms with Crippen LogP contribution in [0.15, 0.2) is 107 Å². The zero-order chi connectivity index (χ0) is 21.8. The number of terminal acetylenes is 1. The highest BCUT2D eigenvalue weighted by Crippen LogP contribution is 2.35. The molecule has 0 amide bonds. The lowest BCUT2D eigenvalue weighted by molar-refractivity contribution is 0.475. The molecule has 4 rings (SSSR count). The van der Waals surface area contributed by atoms with Gasteiger partial charge < -0.3 is 9.84 Å². The molecule has 0 aliphatic heterocycles. The molecule has 4 aromatic rings. The van der Waals surface area contributed by atoms with E-state index in [9.17, 15) is 13.5 Å². The highest BCUT2D eigenvalue weighted by atomic mass is 32.2. The number of aromatic hydroxyl groups is 1. The number of benzene rings is 4. The summed E-state index contributed by atoms with van der Waals surface area (Å²) in [4.78, 5) is 0.242. The number of hydrogen-bond acceptors (Lipinski definition) is 4. The lowest BCUT2D eigenvalue weighted by atomic mass is 10.0. The van der Waals surface area contributed by atoms with Gasteiger partial charge in [-0.2, -0.15) is 0 Å². The molecule has 0 atom stereocenters. The Balaban J connectivity index is 1.64. The van der Waals surface area contributed by atoms with E-state index in [0.717, 1.165) is 16.7 Å². The van der Waals surface area contributed by atoms with Crippen molar-refractivity contribution in [3.05, 3.63) is 103 Å². The maximum Gasteiger partial charge on any atom is 0.206 e. The van der Waals surface area contributed by atoms with E-state index in [4.69, 9.17) is 11.2 Å². The van der Waals surface area contributed by atoms with Crippen LogP contribution >= 0.6 is 0 Å². The van der Waals surface area contributed by atoms with Crippen LogP contribution in [0.4, 0.5) is 0 Å². The van der Waals surface area contributed by atoms with Crippen LogP contribution in [0.5, 0.6) is 17.2 Å². The summed E-state index contributed by atoms with van der Waals surface area (Å²) >= 11 is 0. The minimum Gasteiger partial charge on any atom is -0.508 e. The Morgan fingerprint density at radius 2 is 1.39 bits per heavy atom. The van der Waals surface area contributed by atoms with Crippen molar-refractivity contribution in [1.29, 1.82) is 0 Å². The first-order chi connectivity index (χ1) is 15.0. The van der Waals surface area contributed by atoms with E-state index < -0.39 is 9.84 Å². The second kappa shape index (κ2) is 8.39. The minimum atomic E-state index is -3.69. The summed E-state index contributed by atoms with van der Waals surface area (Å²) in [6.45, 7) is 0. The van der Waals surface area contributed by atoms with Crippen molar-refractivity contribution >= 4 is 9.84 Å². The quantitative estimate of drug-likeness (QED) is 0.418. The average molecular weight is 426 g/mol. The number of ether oxygens (including phenoxy) is 1. The predicted octanol–water partition coefficient (Wildman–Crippen LogP) is 5.67. The van der Waals surface area contributed by atoms with E-state index in [0.29, 0.717) is 11.5 Å². The van der Waals surface area contributed by atoms with Crippen LogP contribution in [0.1, 0.15) is 5.56 Å². The van der Waals surface area contributed by atoms with Crippen molar-refractivity contribution in [2.45, 2.75) is 9.79 Å². The van der Waals surface area contributed by atoms with E-state index in [1.807, 2.05) is 36.4 Å². The second-order valence-corrected chi connectivity index (χ2v) is 8.74. The Morgan fingerprint density at radius 3 is 2.00 bits per heavy atom. The van der Waals surface area contributed by atoms with Gasteiger partial charge in [0.15, 0.2) is 0 Å². The standard InChI is InChI=1S/C26H18O4S/c1-2-19-8-17-26(25(18-19)20-6-4-3-5-7-20)30-22-11-15-24(16-12-22)31(28,29)23-13-9-21(27)10-14-23/h1,3-18,27H. The van der Waals surface area contributed by atoms with Crippen molar-refractivity contribution in [2.24, 2.45) is 0 Å². The first-order valence-electron chi connectivity index (χ1n) is 9.45. The fourth-order valence-electron chi connectivity index (χ4n) is 3.13. The molecule has 31 heavy (non-hydrogen) atoms. The van der Waals surface area contributed by atoms with E-state index >= 15 is 0 Å². The van der Waals surface area contributed by atoms with Crippen LogP contribution in [0.25, 0.3) is 11.1 Å². The van der Waals surface area contributed by atoms with Crippen molar-refractivity contribution in [3.63, 3.8) is 0 Å². The number of hydrogen-bond donors (Lipinski definition) is 1. The summed E-state index contributed by atoms with van der Waals surface area (Å²) in [7, 11) is -3.69. The molecule has 0 aromatic heterocycles. The third kappa shape index (κ3) is 4.30. The van der Waals surface area contributed by atoms with E-state index in [1.54, 1.807) is 24.3 Å². The summed E-state index contributed by atoms with van der Waals surface area (Å²) < 4.78 is 31.6. The first-order valence-corrected chi connectivity index (χ1v) is 10.9. The molecule has 0 saturated heterocycles. The number of phenols is 1. The van der Waals surface area contributed by atoms with Gasteiger partial charge >= 0.3 is 0 Å². The molecule has 0 heterocycles. The summed E-state index contributed by atoms with van der Waals surface area (Å²) in [5.41, 5.74) is 2.54. The van der Waals surface area contributed by atoms with Crippen LogP contribution in [-0.4, -0.2) is 13.5 Å². The highest BCUT2D eigenvalue weighted by molar-refractivity contribution is 7.91. The predicted molar refractivity (Wildman–Crippen MR) is 120 cm³/mol. The third-order valence-electron chi connectivity index (χ3n) is 4.74. The smallest absolute Gasteiger partial charge is 0.206 e. The van der Waals surface area contributed by atoms with Gasteiger partial charge in [0.25, 0.3) is 0 Å². The zero-order valence-electron chi connectivity index (χ0n) is 16.4. The van der Waals surface area contributed by atoms with Crippen LogP contribution in [0.3, 0.4) is 0 Å². The number of sulfone groups is 1. The van der Waals surface area contributed by atoms with Gasteiger partial charge in [-0.1, -0.05) is 36.3 Å². The van der Waals surface area contributed by atoms with Gasteiger partial charge in [0.1, 0.15) is 17.2 Å². The molecule has 0 aliphatic carbocycles. The highest BCUT2D eigenvalue weighted by Gasteiger charge is 2.18. The maximum absolute atomic E-state index is 12.8. The van der Waals surface area contributed by atoms with Crippen LogP contribution in [0.2, 0.25) is 0 Å². The lowest BCUT2D eigenvalue weighted by Crippen LogP contribution is -2.01. The molecule has 5 heteroatoms. The van der Waals surface area contributed by atoms with Crippen LogP contribution in [0, 0.1) is 12.3 Å². The molecule has 0 spiro atoms. The monoisotopic (exact) mass is 426 g/mol. The summed E-state index contributed by atoms with van der Waals surface area (Å²) in [5, 5.41) is 9.38. The number of phenolic OH excluding ortho intramolecular Hbond substituents is 1. The number of rotatable bonds is 5. The van der Waals surface area contributed by atoms with Crippen LogP contribution < -0.4 is 4.74 Å². The van der Waals surface area contributed by atoms with Crippen molar-refractivity contribution in [3.8, 4) is 40.7 Å². The van der Waals surface area contributed by atoms with E-state index in [1.165, 1.54) is 36.4 Å². The Morgan fingerprint density at radius 1 is 0.774 bits per heavy atom. The van der Waals surface area contributed by atoms with E-state index in [-0.39, 0.29) is 15.5 Å². The van der Waals surface area contributed by atoms with E-state index in [2.05, 4.69) is 5.92 Å². The summed E-state index contributed by atoms with van der Waals surface area (Å²) in [5.74, 6) is 3.75. The fraction of sp³-hybridized carbons (Fsp3) is 0. The topological polar surface area (TPSA) is 63.6 Å². The van der Waals surface area contributed by atoms with Crippen molar-refractivity contribution in [1.82, 2.24) is 0 Å². The van der Waals surface area contributed by atoms with Crippen LogP contribution in [-0.2, 0) is 9.84 Å². The summed E-state index contributed by atoms with van der Waals surface area (Å²) in [6.07, 6.45) is 5.55. The van der Waals surface area contributed by atoms with Gasteiger partial charge in [-0.25, -0.2) is 8.42 Å². The molecule has 0 fully saturated rings. The average Bonchev–Trinajstić information content (AvgIpc) is 2.80. The third-order valence-corrected chi connectivity index (χ3v) is 6.53. The molecule has 4 nitrogen and oxygen atoms in total. The van der Waals surface area contributed by atoms with Gasteiger partial charge in [-0.15, -0.1) is 6.42 Å². The second-order valence-electron chi connectivity index (χ2n) is 6.79. The molecule has 0 radical (unpaired) electrons. The van der Waals surface area contributed by atoms with Gasteiger partial charge in [0.05, 0.1) is 9.79 Å². The van der Waals surface area contributed by atoms with Crippen molar-refractivity contribution < 1.29 is 18.3 Å². The normalized spacial score (nSPS) is 10.9. The minimum absolute atomic E-state index is 0.00720. The Kier molecular flexibility index (Phi) is 5.48.